The van der Waals surface area contributed by atoms with Crippen molar-refractivity contribution < 1.29 is 19.1 Å². The first-order valence-electron chi connectivity index (χ1n) is 10.8. The van der Waals surface area contributed by atoms with Crippen LogP contribution in [-0.4, -0.2) is 36.0 Å². The van der Waals surface area contributed by atoms with E-state index in [-0.39, 0.29) is 36.5 Å². The van der Waals surface area contributed by atoms with Crippen molar-refractivity contribution in [2.24, 2.45) is 5.92 Å². The Morgan fingerprint density at radius 3 is 2.37 bits per heavy atom. The van der Waals surface area contributed by atoms with Crippen LogP contribution in [0.15, 0.2) is 54.6 Å². The molecule has 2 aliphatic heterocycles. The fourth-order valence-electron chi connectivity index (χ4n) is 4.86. The predicted octanol–water partition coefficient (Wildman–Crippen LogP) is 4.78. The number of hydrogen-bond donors (Lipinski definition) is 0. The number of ether oxygens (including phenoxy) is 2. The van der Waals surface area contributed by atoms with Crippen LogP contribution in [-0.2, 0) is 22.6 Å². The second kappa shape index (κ2) is 9.33. The largest absolute Gasteiger partial charge is 0.497 e. The average Bonchev–Trinajstić information content (AvgIpc) is 2.77. The van der Waals surface area contributed by atoms with Crippen LogP contribution in [0.4, 0.5) is 4.79 Å². The topological polar surface area (TPSA) is 55.8 Å². The van der Waals surface area contributed by atoms with E-state index in [1.54, 1.807) is 7.11 Å². The summed E-state index contributed by atoms with van der Waals surface area (Å²) in [6, 6.07) is 17.6. The number of carbonyl (C=O) groups is 2. The normalized spacial score (nSPS) is 23.0. The molecule has 5 heteroatoms. The number of ketones is 1. The van der Waals surface area contributed by atoms with Crippen molar-refractivity contribution in [1.82, 2.24) is 4.90 Å². The molecule has 0 radical (unpaired) electrons. The van der Waals surface area contributed by atoms with Crippen LogP contribution in [0.3, 0.4) is 0 Å². The number of rotatable bonds is 6. The molecule has 2 aliphatic rings. The lowest BCUT2D eigenvalue weighted by atomic mass is 9.76. The minimum Gasteiger partial charge on any atom is -0.497 e. The van der Waals surface area contributed by atoms with Gasteiger partial charge in [0.15, 0.2) is 0 Å². The fraction of sp³-hybridized carbons (Fsp3) is 0.440. The third-order valence-electron chi connectivity index (χ3n) is 6.36. The van der Waals surface area contributed by atoms with Crippen LogP contribution in [0, 0.1) is 5.92 Å². The number of carbonyl (C=O) groups excluding carboxylic acids is 2. The molecule has 2 saturated heterocycles. The SMILES string of the molecule is COc1cccc(CC(=O)C2CC3CCCC(C2)N3C(=O)OCc2ccccc2)c1. The van der Waals surface area contributed by atoms with Gasteiger partial charge in [0.05, 0.1) is 7.11 Å². The number of amides is 1. The highest BCUT2D eigenvalue weighted by atomic mass is 16.6. The molecule has 5 nitrogen and oxygen atoms in total. The first-order chi connectivity index (χ1) is 14.6. The highest BCUT2D eigenvalue weighted by Gasteiger charge is 2.43. The van der Waals surface area contributed by atoms with Crippen molar-refractivity contribution in [2.75, 3.05) is 7.11 Å². The summed E-state index contributed by atoms with van der Waals surface area (Å²) in [5.41, 5.74) is 1.97. The Morgan fingerprint density at radius 2 is 1.67 bits per heavy atom. The van der Waals surface area contributed by atoms with Gasteiger partial charge in [-0.1, -0.05) is 42.5 Å². The van der Waals surface area contributed by atoms with Gasteiger partial charge in [0.2, 0.25) is 0 Å². The second-order valence-electron chi connectivity index (χ2n) is 8.35. The Labute approximate surface area is 178 Å². The van der Waals surface area contributed by atoms with Crippen LogP contribution in [0.2, 0.25) is 0 Å². The first-order valence-corrected chi connectivity index (χ1v) is 10.8. The van der Waals surface area contributed by atoms with Crippen molar-refractivity contribution in [3.05, 3.63) is 65.7 Å². The van der Waals surface area contributed by atoms with Crippen LogP contribution in [0.5, 0.6) is 5.75 Å². The van der Waals surface area contributed by atoms with Gasteiger partial charge in [-0.05, 0) is 55.4 Å². The highest BCUT2D eigenvalue weighted by Crippen LogP contribution is 2.38. The summed E-state index contributed by atoms with van der Waals surface area (Å²) in [5, 5.41) is 0. The van der Waals surface area contributed by atoms with Crippen LogP contribution in [0.25, 0.3) is 0 Å². The number of methoxy groups -OCH3 is 1. The van der Waals surface area contributed by atoms with Gasteiger partial charge in [-0.3, -0.25) is 4.79 Å². The Morgan fingerprint density at radius 1 is 0.967 bits per heavy atom. The summed E-state index contributed by atoms with van der Waals surface area (Å²) >= 11 is 0. The summed E-state index contributed by atoms with van der Waals surface area (Å²) in [6.07, 6.45) is 4.64. The fourth-order valence-corrected chi connectivity index (χ4v) is 4.86. The van der Waals surface area contributed by atoms with Gasteiger partial charge in [-0.25, -0.2) is 4.79 Å². The number of piperidine rings is 2. The van der Waals surface area contributed by atoms with Crippen LogP contribution in [0.1, 0.15) is 43.2 Å². The zero-order valence-electron chi connectivity index (χ0n) is 17.5. The number of Topliss-reactive ketones (excluding diaryl/α,β-unsaturated/α-hetero) is 1. The summed E-state index contributed by atoms with van der Waals surface area (Å²) in [4.78, 5) is 27.8. The van der Waals surface area contributed by atoms with Gasteiger partial charge in [-0.2, -0.15) is 0 Å². The smallest absolute Gasteiger partial charge is 0.410 e. The maximum Gasteiger partial charge on any atom is 0.410 e. The lowest BCUT2D eigenvalue weighted by Crippen LogP contribution is -2.55. The molecule has 1 amide bonds. The molecule has 0 N–H and O–H groups in total. The number of nitrogens with zero attached hydrogens (tertiary/aromatic N) is 1. The molecule has 2 unspecified atom stereocenters. The maximum atomic E-state index is 13.0. The zero-order chi connectivity index (χ0) is 20.9. The van der Waals surface area contributed by atoms with Gasteiger partial charge >= 0.3 is 6.09 Å². The quantitative estimate of drug-likeness (QED) is 0.692. The molecule has 0 aromatic heterocycles. The van der Waals surface area contributed by atoms with Crippen molar-refractivity contribution in [2.45, 2.75) is 57.2 Å². The van der Waals surface area contributed by atoms with Crippen molar-refractivity contribution >= 4 is 11.9 Å². The average molecular weight is 408 g/mol. The Kier molecular flexibility index (Phi) is 6.36. The summed E-state index contributed by atoms with van der Waals surface area (Å²) in [7, 11) is 1.63. The molecule has 2 atom stereocenters. The monoisotopic (exact) mass is 407 g/mol. The third kappa shape index (κ3) is 4.66. The van der Waals surface area contributed by atoms with E-state index in [2.05, 4.69) is 0 Å². The highest BCUT2D eigenvalue weighted by molar-refractivity contribution is 5.84. The molecule has 0 aliphatic carbocycles. The molecule has 30 heavy (non-hydrogen) atoms. The summed E-state index contributed by atoms with van der Waals surface area (Å²) in [5.74, 6) is 1.04. The van der Waals surface area contributed by atoms with Gasteiger partial charge in [0, 0.05) is 24.4 Å². The minimum absolute atomic E-state index is 0.00433. The van der Waals surface area contributed by atoms with Gasteiger partial charge in [0.25, 0.3) is 0 Å². The molecule has 2 aromatic rings. The first kappa shape index (κ1) is 20.5. The van der Waals surface area contributed by atoms with Crippen molar-refractivity contribution in [1.29, 1.82) is 0 Å². The van der Waals surface area contributed by atoms with E-state index in [1.165, 1.54) is 0 Å². The third-order valence-corrected chi connectivity index (χ3v) is 6.36. The molecule has 2 bridgehead atoms. The zero-order valence-corrected chi connectivity index (χ0v) is 17.5. The summed E-state index contributed by atoms with van der Waals surface area (Å²) in [6.45, 7) is 0.286. The van der Waals surface area contributed by atoms with Gasteiger partial charge in [-0.15, -0.1) is 0 Å². The Hall–Kier alpha value is -2.82. The van der Waals surface area contributed by atoms with Crippen LogP contribution >= 0.6 is 0 Å². The van der Waals surface area contributed by atoms with Crippen molar-refractivity contribution in [3.8, 4) is 5.75 Å². The molecule has 0 spiro atoms. The van der Waals surface area contributed by atoms with Gasteiger partial charge in [0.1, 0.15) is 18.1 Å². The van der Waals surface area contributed by atoms with Crippen molar-refractivity contribution in [3.63, 3.8) is 0 Å². The van der Waals surface area contributed by atoms with E-state index in [0.29, 0.717) is 6.42 Å². The number of hydrogen-bond acceptors (Lipinski definition) is 4. The molecule has 2 aromatic carbocycles. The lowest BCUT2D eigenvalue weighted by molar-refractivity contribution is -0.126. The van der Waals surface area contributed by atoms with E-state index in [0.717, 1.165) is 49.0 Å². The number of benzene rings is 2. The maximum absolute atomic E-state index is 13.0. The van der Waals surface area contributed by atoms with E-state index in [1.807, 2.05) is 59.5 Å². The Bertz CT molecular complexity index is 868. The van der Waals surface area contributed by atoms with E-state index >= 15 is 0 Å². The van der Waals surface area contributed by atoms with Crippen LogP contribution < -0.4 is 4.74 Å². The molecular weight excluding hydrogens is 378 g/mol. The lowest BCUT2D eigenvalue weighted by Gasteiger charge is -2.47. The molecule has 2 heterocycles. The summed E-state index contributed by atoms with van der Waals surface area (Å²) < 4.78 is 10.9. The second-order valence-corrected chi connectivity index (χ2v) is 8.35. The number of fused-ring (bicyclic) bond motifs is 2. The Balaban J connectivity index is 1.37. The predicted molar refractivity (Wildman–Crippen MR) is 114 cm³/mol. The molecule has 2 fully saturated rings. The van der Waals surface area contributed by atoms with E-state index in [4.69, 9.17) is 9.47 Å². The molecular formula is C25H29NO4. The molecule has 158 valence electrons. The van der Waals surface area contributed by atoms with E-state index in [9.17, 15) is 9.59 Å². The minimum atomic E-state index is -0.243. The standard InChI is InChI=1S/C25H29NO4/c1-29-23-12-5-9-19(13-23)14-24(27)20-15-21-10-6-11-22(16-20)26(21)25(28)30-17-18-7-3-2-4-8-18/h2-5,7-9,12-13,20-22H,6,10-11,14-17H2,1H3. The molecule has 0 saturated carbocycles. The van der Waals surface area contributed by atoms with Gasteiger partial charge < -0.3 is 14.4 Å². The van der Waals surface area contributed by atoms with E-state index < -0.39 is 0 Å². The molecule has 4 rings (SSSR count).